The van der Waals surface area contributed by atoms with Crippen molar-refractivity contribution < 1.29 is 0 Å². The van der Waals surface area contributed by atoms with E-state index in [2.05, 4.69) is 29.9 Å². The normalized spacial score (nSPS) is 13.2. The molecule has 0 N–H and O–H groups in total. The van der Waals surface area contributed by atoms with E-state index in [9.17, 15) is 0 Å². The molecule has 0 aliphatic carbocycles. The molecule has 0 saturated heterocycles. The van der Waals surface area contributed by atoms with Crippen LogP contribution >= 0.6 is 35.7 Å². The van der Waals surface area contributed by atoms with Crippen LogP contribution in [-0.4, -0.2) is 16.5 Å². The molecule has 0 fully saturated rings. The van der Waals surface area contributed by atoms with E-state index in [4.69, 9.17) is 0 Å². The van der Waals surface area contributed by atoms with Crippen molar-refractivity contribution in [3.63, 3.8) is 0 Å². The molecule has 0 aromatic carbocycles. The minimum absolute atomic E-state index is 0.669. The summed E-state index contributed by atoms with van der Waals surface area (Å²) < 4.78 is 1.18. The van der Waals surface area contributed by atoms with Gasteiger partial charge in [-0.25, -0.2) is 4.98 Å². The van der Waals surface area contributed by atoms with Crippen LogP contribution in [-0.2, 0) is 0 Å². The monoisotopic (exact) mass is 219 g/mol. The highest BCUT2D eigenvalue weighted by Gasteiger charge is 2.03. The lowest BCUT2D eigenvalue weighted by molar-refractivity contribution is 0.766. The Labute approximate surface area is 87.4 Å². The van der Waals surface area contributed by atoms with E-state index in [0.717, 1.165) is 17.2 Å². The molecule has 1 aromatic heterocycles. The van der Waals surface area contributed by atoms with Gasteiger partial charge in [0.15, 0.2) is 0 Å². The number of aryl methyl sites for hydroxylation is 1. The van der Waals surface area contributed by atoms with Crippen molar-refractivity contribution in [2.24, 2.45) is 5.92 Å². The standard InChI is InChI=1S/C8H13NS3/c1-6(3-10)4-11-8-9-7(2)5-12-8/h5-6,10H,3-4H2,1-2H3. The summed E-state index contributed by atoms with van der Waals surface area (Å²) in [6.07, 6.45) is 0. The molecule has 0 amide bonds. The fourth-order valence-electron chi connectivity index (χ4n) is 0.665. The maximum Gasteiger partial charge on any atom is 0.150 e. The Morgan fingerprint density at radius 2 is 2.50 bits per heavy atom. The summed E-state index contributed by atoms with van der Waals surface area (Å²) in [6.45, 7) is 4.24. The second-order valence-electron chi connectivity index (χ2n) is 2.85. The highest BCUT2D eigenvalue weighted by Crippen LogP contribution is 2.24. The first-order valence-corrected chi connectivity index (χ1v) is 6.38. The van der Waals surface area contributed by atoms with Gasteiger partial charge < -0.3 is 0 Å². The van der Waals surface area contributed by atoms with Crippen LogP contribution in [0.2, 0.25) is 0 Å². The topological polar surface area (TPSA) is 12.9 Å². The first kappa shape index (κ1) is 10.4. The summed E-state index contributed by atoms with van der Waals surface area (Å²) in [5.41, 5.74) is 1.13. The zero-order chi connectivity index (χ0) is 8.97. The molecule has 0 aliphatic rings. The van der Waals surface area contributed by atoms with Gasteiger partial charge in [-0.05, 0) is 18.6 Å². The van der Waals surface area contributed by atoms with Crippen molar-refractivity contribution >= 4 is 35.7 Å². The quantitative estimate of drug-likeness (QED) is 0.617. The van der Waals surface area contributed by atoms with Crippen LogP contribution in [0.25, 0.3) is 0 Å². The summed E-state index contributed by atoms with van der Waals surface area (Å²) in [5.74, 6) is 2.75. The summed E-state index contributed by atoms with van der Waals surface area (Å²) in [6, 6.07) is 0. The van der Waals surface area contributed by atoms with Gasteiger partial charge in [-0.3, -0.25) is 0 Å². The average molecular weight is 219 g/mol. The molecule has 0 bridgehead atoms. The smallest absolute Gasteiger partial charge is 0.150 e. The van der Waals surface area contributed by atoms with Crippen LogP contribution in [0.4, 0.5) is 0 Å². The van der Waals surface area contributed by atoms with E-state index in [1.807, 2.05) is 18.7 Å². The minimum Gasteiger partial charge on any atom is -0.235 e. The molecule has 68 valence electrons. The number of rotatable bonds is 4. The fourth-order valence-corrected chi connectivity index (χ4v) is 2.86. The molecule has 1 unspecified atom stereocenters. The molecule has 1 aromatic rings. The molecule has 0 spiro atoms. The van der Waals surface area contributed by atoms with E-state index >= 15 is 0 Å². The van der Waals surface area contributed by atoms with Crippen LogP contribution < -0.4 is 0 Å². The molecule has 12 heavy (non-hydrogen) atoms. The number of hydrogen-bond acceptors (Lipinski definition) is 4. The molecule has 1 heterocycles. The van der Waals surface area contributed by atoms with Crippen LogP contribution in [0.5, 0.6) is 0 Å². The van der Waals surface area contributed by atoms with Crippen LogP contribution in [0.15, 0.2) is 9.72 Å². The minimum atomic E-state index is 0.669. The van der Waals surface area contributed by atoms with Gasteiger partial charge in [0.25, 0.3) is 0 Å². The second kappa shape index (κ2) is 5.14. The second-order valence-corrected chi connectivity index (χ2v) is 5.34. The Morgan fingerprint density at radius 3 is 3.00 bits per heavy atom. The van der Waals surface area contributed by atoms with Gasteiger partial charge in [-0.1, -0.05) is 18.7 Å². The Kier molecular flexibility index (Phi) is 4.46. The molecule has 1 rings (SSSR count). The zero-order valence-corrected chi connectivity index (χ0v) is 9.81. The lowest BCUT2D eigenvalue weighted by Gasteiger charge is -2.03. The van der Waals surface area contributed by atoms with Gasteiger partial charge in [0.2, 0.25) is 0 Å². The number of nitrogens with zero attached hydrogens (tertiary/aromatic N) is 1. The maximum atomic E-state index is 4.37. The molecule has 1 atom stereocenters. The van der Waals surface area contributed by atoms with Gasteiger partial charge in [-0.15, -0.1) is 11.3 Å². The van der Waals surface area contributed by atoms with E-state index in [1.54, 1.807) is 11.3 Å². The molecule has 0 aliphatic heterocycles. The summed E-state index contributed by atoms with van der Waals surface area (Å²) in [4.78, 5) is 4.37. The largest absolute Gasteiger partial charge is 0.235 e. The van der Waals surface area contributed by atoms with Crippen LogP contribution in [0.1, 0.15) is 12.6 Å². The molecular formula is C8H13NS3. The summed E-state index contributed by atoms with van der Waals surface area (Å²) in [7, 11) is 0. The Balaban J connectivity index is 2.33. The van der Waals surface area contributed by atoms with Crippen molar-refractivity contribution in [2.45, 2.75) is 18.2 Å². The fraction of sp³-hybridized carbons (Fsp3) is 0.625. The third-order valence-corrected chi connectivity index (χ3v) is 4.49. The lowest BCUT2D eigenvalue weighted by atomic mass is 10.3. The van der Waals surface area contributed by atoms with Crippen molar-refractivity contribution in [1.29, 1.82) is 0 Å². The number of thiol groups is 1. The van der Waals surface area contributed by atoms with Gasteiger partial charge in [0.1, 0.15) is 4.34 Å². The predicted octanol–water partition coefficient (Wildman–Crippen LogP) is 3.11. The third kappa shape index (κ3) is 3.37. The first-order valence-electron chi connectivity index (χ1n) is 3.88. The molecular weight excluding hydrogens is 206 g/mol. The van der Waals surface area contributed by atoms with E-state index < -0.39 is 0 Å². The van der Waals surface area contributed by atoms with Crippen molar-refractivity contribution in [3.05, 3.63) is 11.1 Å². The third-order valence-electron chi connectivity index (χ3n) is 1.40. The predicted molar refractivity (Wildman–Crippen MR) is 60.6 cm³/mol. The van der Waals surface area contributed by atoms with Gasteiger partial charge in [-0.2, -0.15) is 12.6 Å². The summed E-state index contributed by atoms with van der Waals surface area (Å²) >= 11 is 7.80. The van der Waals surface area contributed by atoms with Gasteiger partial charge >= 0.3 is 0 Å². The van der Waals surface area contributed by atoms with E-state index in [1.165, 1.54) is 4.34 Å². The van der Waals surface area contributed by atoms with Crippen LogP contribution in [0.3, 0.4) is 0 Å². The molecule has 0 saturated carbocycles. The molecule has 4 heteroatoms. The van der Waals surface area contributed by atoms with Crippen molar-refractivity contribution in [3.8, 4) is 0 Å². The average Bonchev–Trinajstić information content (AvgIpc) is 2.47. The highest BCUT2D eigenvalue weighted by molar-refractivity contribution is 8.01. The van der Waals surface area contributed by atoms with Crippen LogP contribution in [0, 0.1) is 12.8 Å². The SMILES string of the molecule is Cc1csc(SCC(C)CS)n1. The number of hydrogen-bond donors (Lipinski definition) is 1. The van der Waals surface area contributed by atoms with E-state index in [-0.39, 0.29) is 0 Å². The summed E-state index contributed by atoms with van der Waals surface area (Å²) in [5, 5.41) is 2.09. The number of thioether (sulfide) groups is 1. The van der Waals surface area contributed by atoms with Gasteiger partial charge in [0.05, 0.1) is 0 Å². The highest BCUT2D eigenvalue weighted by atomic mass is 32.2. The Morgan fingerprint density at radius 1 is 1.75 bits per heavy atom. The van der Waals surface area contributed by atoms with Gasteiger partial charge in [0, 0.05) is 16.8 Å². The lowest BCUT2D eigenvalue weighted by Crippen LogP contribution is -1.98. The number of aromatic nitrogens is 1. The maximum absolute atomic E-state index is 4.37. The zero-order valence-electron chi connectivity index (χ0n) is 7.28. The molecule has 1 nitrogen and oxygen atoms in total. The number of thiazole rings is 1. The van der Waals surface area contributed by atoms with E-state index in [0.29, 0.717) is 5.92 Å². The first-order chi connectivity index (χ1) is 5.72. The van der Waals surface area contributed by atoms with Crippen molar-refractivity contribution in [2.75, 3.05) is 11.5 Å². The molecule has 0 radical (unpaired) electrons. The van der Waals surface area contributed by atoms with Crippen molar-refractivity contribution in [1.82, 2.24) is 4.98 Å². The Bertz CT molecular complexity index is 234. The Hall–Kier alpha value is 0.330.